The van der Waals surface area contributed by atoms with Crippen molar-refractivity contribution in [2.75, 3.05) is 32.8 Å². The Morgan fingerprint density at radius 2 is 1.25 bits per heavy atom. The fourth-order valence-electron chi connectivity index (χ4n) is 7.39. The van der Waals surface area contributed by atoms with Crippen molar-refractivity contribution >= 4 is 47.6 Å². The van der Waals surface area contributed by atoms with Crippen molar-refractivity contribution in [2.24, 2.45) is 28.1 Å². The fraction of sp³-hybridized carbons (Fsp3) is 0.435. The Balaban J connectivity index is 1.34. The number of carbonyl (C=O) groups is 7. The lowest BCUT2D eigenvalue weighted by Crippen LogP contribution is -2.57. The number of nitrogens with one attached hydrogen (secondary N) is 6. The average molecular weight is 899 g/mol. The van der Waals surface area contributed by atoms with E-state index in [0.717, 1.165) is 22.3 Å². The van der Waals surface area contributed by atoms with Crippen LogP contribution in [0.4, 0.5) is 4.79 Å². The quantitative estimate of drug-likeness (QED) is 0.0308. The number of guanidine groups is 1. The van der Waals surface area contributed by atoms with E-state index in [-0.39, 0.29) is 56.6 Å². The third kappa shape index (κ3) is 16.6. The Labute approximate surface area is 378 Å². The number of nitrogens with zero attached hydrogens (tertiary/aromatic N) is 1. The SMILES string of the molecule is CC(C)C[C@H](NC(=O)[C@H](Cc1ccccc1)NC(=O)CNC(=O)CNC(=O)[C@H](CCCN=C(N)N)NC(=O)OCC1c2ccccc2-c2ccccc21)C(=O)N[C@@H](CCCCN)C(=O)O. The Morgan fingerprint density at radius 3 is 1.86 bits per heavy atom. The molecule has 0 saturated heterocycles. The van der Waals surface area contributed by atoms with Crippen LogP contribution in [0.2, 0.25) is 0 Å². The zero-order chi connectivity index (χ0) is 47.3. The number of benzene rings is 3. The Hall–Kier alpha value is -7.02. The van der Waals surface area contributed by atoms with E-state index in [9.17, 15) is 38.7 Å². The van der Waals surface area contributed by atoms with E-state index in [2.05, 4.69) is 36.9 Å². The molecule has 350 valence electrons. The molecule has 0 unspecified atom stereocenters. The number of hydrogen-bond acceptors (Lipinski definition) is 10. The Bertz CT molecular complexity index is 2080. The Kier molecular flexibility index (Phi) is 20.2. The molecule has 0 aliphatic heterocycles. The molecule has 0 spiro atoms. The van der Waals surface area contributed by atoms with Crippen LogP contribution in [0.25, 0.3) is 11.1 Å². The van der Waals surface area contributed by atoms with Crippen molar-refractivity contribution in [3.63, 3.8) is 0 Å². The lowest BCUT2D eigenvalue weighted by molar-refractivity contribution is -0.142. The highest BCUT2D eigenvalue weighted by Gasteiger charge is 2.32. The van der Waals surface area contributed by atoms with Crippen LogP contribution in [-0.2, 0) is 39.9 Å². The van der Waals surface area contributed by atoms with Crippen LogP contribution < -0.4 is 49.1 Å². The maximum absolute atomic E-state index is 13.8. The number of hydrogen-bond donors (Lipinski definition) is 10. The van der Waals surface area contributed by atoms with Gasteiger partial charge < -0.3 is 58.9 Å². The number of amides is 6. The minimum absolute atomic E-state index is 0.0115. The van der Waals surface area contributed by atoms with Gasteiger partial charge in [-0.1, -0.05) is 92.7 Å². The summed E-state index contributed by atoms with van der Waals surface area (Å²) in [7, 11) is 0. The van der Waals surface area contributed by atoms with Crippen LogP contribution >= 0.6 is 0 Å². The first-order valence-electron chi connectivity index (χ1n) is 21.7. The molecule has 3 aromatic rings. The van der Waals surface area contributed by atoms with Gasteiger partial charge in [-0.25, -0.2) is 9.59 Å². The lowest BCUT2D eigenvalue weighted by atomic mass is 9.98. The highest BCUT2D eigenvalue weighted by atomic mass is 16.5. The van der Waals surface area contributed by atoms with Gasteiger partial charge in [0.2, 0.25) is 29.5 Å². The number of carboxylic acids is 1. The van der Waals surface area contributed by atoms with Crippen molar-refractivity contribution in [1.82, 2.24) is 31.9 Å². The summed E-state index contributed by atoms with van der Waals surface area (Å²) < 4.78 is 5.64. The minimum atomic E-state index is -1.22. The van der Waals surface area contributed by atoms with Crippen LogP contribution in [0.3, 0.4) is 0 Å². The van der Waals surface area contributed by atoms with Gasteiger partial charge in [0, 0.05) is 18.9 Å². The second-order valence-electron chi connectivity index (χ2n) is 16.2. The highest BCUT2D eigenvalue weighted by molar-refractivity contribution is 5.95. The first-order chi connectivity index (χ1) is 31.2. The van der Waals surface area contributed by atoms with E-state index in [1.54, 1.807) is 30.3 Å². The van der Waals surface area contributed by atoms with E-state index in [1.807, 2.05) is 62.4 Å². The molecule has 13 N–H and O–H groups in total. The van der Waals surface area contributed by atoms with Gasteiger partial charge >= 0.3 is 12.1 Å². The van der Waals surface area contributed by atoms with Crippen molar-refractivity contribution in [1.29, 1.82) is 0 Å². The van der Waals surface area contributed by atoms with Crippen molar-refractivity contribution in [2.45, 2.75) is 88.9 Å². The molecule has 0 aromatic heterocycles. The molecule has 4 atom stereocenters. The van der Waals surface area contributed by atoms with E-state index < -0.39 is 78.9 Å². The number of ether oxygens (including phenoxy) is 1. The minimum Gasteiger partial charge on any atom is -0.480 e. The van der Waals surface area contributed by atoms with Gasteiger partial charge in [-0.2, -0.15) is 0 Å². The molecule has 0 saturated carbocycles. The van der Waals surface area contributed by atoms with Crippen LogP contribution in [-0.4, -0.2) is 110 Å². The summed E-state index contributed by atoms with van der Waals surface area (Å²) in [6, 6.07) is 19.9. The normalized spacial score (nSPS) is 13.4. The van der Waals surface area contributed by atoms with Gasteiger partial charge in [-0.15, -0.1) is 0 Å². The zero-order valence-electron chi connectivity index (χ0n) is 36.8. The van der Waals surface area contributed by atoms with E-state index >= 15 is 0 Å². The standard InChI is InChI=1S/C46H62N10O9/c1-28(2)23-37(42(60)54-36(44(62)63)19-10-11-21-47)55-43(61)38(24-29-13-4-3-5-14-29)53-40(58)26-51-39(57)25-52-41(59)35(20-12-22-50-45(48)49)56-46(64)65-27-34-32-17-8-6-15-30(32)31-16-7-9-18-33(31)34/h3-9,13-18,28,34-38H,10-12,19-27,47H2,1-2H3,(H,51,57)(H,52,59)(H,53,58)(H,54,60)(H,55,61)(H,56,64)(H,62,63)(H4,48,49,50)/t35-,36-,37-,38-/m0/s1. The number of alkyl carbamates (subject to hydrolysis) is 1. The van der Waals surface area contributed by atoms with Gasteiger partial charge in [0.25, 0.3) is 0 Å². The molecule has 19 nitrogen and oxygen atoms in total. The molecule has 0 fully saturated rings. The average Bonchev–Trinajstić information content (AvgIpc) is 3.60. The lowest BCUT2D eigenvalue weighted by Gasteiger charge is -2.25. The number of aliphatic carboxylic acids is 1. The topological polar surface area (TPSA) is 312 Å². The molecule has 0 heterocycles. The zero-order valence-corrected chi connectivity index (χ0v) is 36.8. The number of fused-ring (bicyclic) bond motifs is 3. The maximum Gasteiger partial charge on any atom is 0.407 e. The first-order valence-corrected chi connectivity index (χ1v) is 21.7. The molecular weight excluding hydrogens is 837 g/mol. The molecule has 0 bridgehead atoms. The summed E-state index contributed by atoms with van der Waals surface area (Å²) in [4.78, 5) is 95.6. The predicted octanol–water partition coefficient (Wildman–Crippen LogP) is 1.14. The van der Waals surface area contributed by atoms with Gasteiger partial charge in [0.1, 0.15) is 30.8 Å². The van der Waals surface area contributed by atoms with Crippen molar-refractivity contribution in [3.8, 4) is 11.1 Å². The molecule has 65 heavy (non-hydrogen) atoms. The van der Waals surface area contributed by atoms with E-state index in [0.29, 0.717) is 31.4 Å². The maximum atomic E-state index is 13.8. The molecule has 4 rings (SSSR count). The van der Waals surface area contributed by atoms with Crippen LogP contribution in [0.5, 0.6) is 0 Å². The molecule has 1 aliphatic carbocycles. The van der Waals surface area contributed by atoms with Gasteiger partial charge in [-0.3, -0.25) is 29.0 Å². The number of carboxylic acid groups (broad SMARTS) is 1. The molecule has 6 amide bonds. The summed E-state index contributed by atoms with van der Waals surface area (Å²) in [5, 5.41) is 25.0. The van der Waals surface area contributed by atoms with Gasteiger partial charge in [0.15, 0.2) is 5.96 Å². The Morgan fingerprint density at radius 1 is 0.662 bits per heavy atom. The molecule has 1 aliphatic rings. The van der Waals surface area contributed by atoms with E-state index in [1.165, 1.54) is 0 Å². The highest BCUT2D eigenvalue weighted by Crippen LogP contribution is 2.44. The number of carbonyl (C=O) groups excluding carboxylic acids is 6. The smallest absolute Gasteiger partial charge is 0.407 e. The van der Waals surface area contributed by atoms with Crippen LogP contribution in [0, 0.1) is 5.92 Å². The number of unbranched alkanes of at least 4 members (excludes halogenated alkanes) is 1. The van der Waals surface area contributed by atoms with Crippen LogP contribution in [0.15, 0.2) is 83.9 Å². The number of rotatable bonds is 26. The summed E-state index contributed by atoms with van der Waals surface area (Å²) in [5.74, 6) is -5.22. The monoisotopic (exact) mass is 898 g/mol. The number of nitrogens with two attached hydrogens (primary N) is 3. The summed E-state index contributed by atoms with van der Waals surface area (Å²) in [5.41, 5.74) is 21.2. The first kappa shape index (κ1) is 50.6. The molecular formula is C46H62N10O9. The number of aliphatic imine (C=N–C) groups is 1. The molecule has 19 heteroatoms. The van der Waals surface area contributed by atoms with Gasteiger partial charge in [-0.05, 0) is 78.8 Å². The van der Waals surface area contributed by atoms with Crippen LogP contribution in [0.1, 0.15) is 75.0 Å². The second-order valence-corrected chi connectivity index (χ2v) is 16.2. The summed E-state index contributed by atoms with van der Waals surface area (Å²) >= 11 is 0. The third-order valence-corrected chi connectivity index (χ3v) is 10.6. The van der Waals surface area contributed by atoms with Crippen molar-refractivity contribution < 1.29 is 43.4 Å². The fourth-order valence-corrected chi connectivity index (χ4v) is 7.39. The third-order valence-electron chi connectivity index (χ3n) is 10.6. The largest absolute Gasteiger partial charge is 0.480 e. The van der Waals surface area contributed by atoms with Gasteiger partial charge in [0.05, 0.1) is 13.1 Å². The summed E-state index contributed by atoms with van der Waals surface area (Å²) in [6.07, 6.45) is 0.960. The second kappa shape index (κ2) is 25.9. The summed E-state index contributed by atoms with van der Waals surface area (Å²) in [6.45, 7) is 3.09. The molecule has 0 radical (unpaired) electrons. The van der Waals surface area contributed by atoms with Crippen molar-refractivity contribution in [3.05, 3.63) is 95.6 Å². The van der Waals surface area contributed by atoms with E-state index in [4.69, 9.17) is 21.9 Å². The predicted molar refractivity (Wildman–Crippen MR) is 244 cm³/mol. The molecule has 3 aromatic carbocycles.